The summed E-state index contributed by atoms with van der Waals surface area (Å²) in [5.74, 6) is 0.975. The lowest BCUT2D eigenvalue weighted by atomic mass is 10.0. The highest BCUT2D eigenvalue weighted by atomic mass is 32.2. The predicted molar refractivity (Wildman–Crippen MR) is 89.3 cm³/mol. The molecule has 1 heterocycles. The van der Waals surface area contributed by atoms with Gasteiger partial charge in [-0.3, -0.25) is 4.79 Å². The molecule has 2 N–H and O–H groups in total. The van der Waals surface area contributed by atoms with Gasteiger partial charge in [0.05, 0.1) is 6.04 Å². The van der Waals surface area contributed by atoms with E-state index >= 15 is 0 Å². The Morgan fingerprint density at radius 3 is 2.30 bits per heavy atom. The molecule has 0 radical (unpaired) electrons. The molecule has 1 fully saturated rings. The predicted octanol–water partition coefficient (Wildman–Crippen LogP) is 2.62. The molecular formula is C15H32N2O2S. The van der Waals surface area contributed by atoms with E-state index in [1.54, 1.807) is 0 Å². The number of rotatable bonds is 8. The van der Waals surface area contributed by atoms with E-state index in [1.807, 2.05) is 46.5 Å². The van der Waals surface area contributed by atoms with Gasteiger partial charge >= 0.3 is 0 Å². The van der Waals surface area contributed by atoms with E-state index in [0.29, 0.717) is 17.7 Å². The molecule has 0 aromatic rings. The van der Waals surface area contributed by atoms with E-state index in [4.69, 9.17) is 0 Å². The van der Waals surface area contributed by atoms with Crippen molar-refractivity contribution >= 4 is 24.5 Å². The van der Waals surface area contributed by atoms with Gasteiger partial charge < -0.3 is 15.4 Å². The molecule has 3 unspecified atom stereocenters. The molecule has 0 aromatic carbocycles. The first kappa shape index (κ1) is 21.7. The third kappa shape index (κ3) is 8.59. The van der Waals surface area contributed by atoms with Gasteiger partial charge in [0.25, 0.3) is 0 Å². The van der Waals surface area contributed by atoms with Gasteiger partial charge in [-0.05, 0) is 19.9 Å². The molecule has 1 amide bonds. The zero-order valence-corrected chi connectivity index (χ0v) is 14.5. The van der Waals surface area contributed by atoms with Gasteiger partial charge in [0.1, 0.15) is 6.29 Å². The van der Waals surface area contributed by atoms with Crippen LogP contribution in [0.25, 0.3) is 0 Å². The second kappa shape index (κ2) is 16.5. The number of unbranched alkanes of at least 4 members (excludes halogenated alkanes) is 2. The van der Waals surface area contributed by atoms with Crippen LogP contribution >= 0.6 is 11.8 Å². The average Bonchev–Trinajstić information content (AvgIpc) is 2.90. The maximum absolute atomic E-state index is 10.4. The van der Waals surface area contributed by atoms with E-state index in [2.05, 4.69) is 10.6 Å². The Morgan fingerprint density at radius 2 is 1.80 bits per heavy atom. The lowest BCUT2D eigenvalue weighted by molar-refractivity contribution is -0.110. The highest BCUT2D eigenvalue weighted by Crippen LogP contribution is 2.30. The van der Waals surface area contributed by atoms with E-state index in [-0.39, 0.29) is 6.04 Å². The summed E-state index contributed by atoms with van der Waals surface area (Å²) in [5.41, 5.74) is 0. The number of hydrogen-bond acceptors (Lipinski definition) is 4. The number of amides is 1. The summed E-state index contributed by atoms with van der Waals surface area (Å²) < 4.78 is 0. The van der Waals surface area contributed by atoms with Crippen LogP contribution in [0.2, 0.25) is 0 Å². The fourth-order valence-electron chi connectivity index (χ4n) is 2.16. The lowest BCUT2D eigenvalue weighted by Crippen LogP contribution is -2.48. The molecule has 4 nitrogen and oxygen atoms in total. The normalized spacial score (nSPS) is 23.8. The molecular weight excluding hydrogens is 272 g/mol. The first-order valence-corrected chi connectivity index (χ1v) is 8.80. The standard InChI is InChI=1S/C11H20N2O2S.2C2H6/c1-12-11-9(13-8-15)7-16-10(11)5-3-2-4-6-14;2*1-2/h6,8-12H,2-5,7H2,1H3,(H,13,15);2*1-2H3. The zero-order chi connectivity index (χ0) is 15.8. The Labute approximate surface area is 128 Å². The van der Waals surface area contributed by atoms with Crippen LogP contribution in [0.3, 0.4) is 0 Å². The van der Waals surface area contributed by atoms with E-state index in [1.165, 1.54) is 0 Å². The van der Waals surface area contributed by atoms with Crippen molar-refractivity contribution in [2.75, 3.05) is 12.8 Å². The van der Waals surface area contributed by atoms with E-state index in [0.717, 1.165) is 37.7 Å². The molecule has 0 spiro atoms. The molecule has 20 heavy (non-hydrogen) atoms. The van der Waals surface area contributed by atoms with Gasteiger partial charge in [0.2, 0.25) is 6.41 Å². The maximum atomic E-state index is 10.4. The Balaban J connectivity index is 0. The summed E-state index contributed by atoms with van der Waals surface area (Å²) in [6, 6.07) is 0.593. The molecule has 0 saturated carbocycles. The van der Waals surface area contributed by atoms with Crippen LogP contribution in [0.15, 0.2) is 0 Å². The first-order valence-electron chi connectivity index (χ1n) is 7.75. The van der Waals surface area contributed by atoms with Gasteiger partial charge in [0, 0.05) is 23.5 Å². The second-order valence-electron chi connectivity index (χ2n) is 4.03. The van der Waals surface area contributed by atoms with Crippen molar-refractivity contribution in [3.8, 4) is 0 Å². The zero-order valence-electron chi connectivity index (χ0n) is 13.6. The van der Waals surface area contributed by atoms with Crippen molar-refractivity contribution in [1.29, 1.82) is 0 Å². The smallest absolute Gasteiger partial charge is 0.207 e. The summed E-state index contributed by atoms with van der Waals surface area (Å²) in [4.78, 5) is 20.6. The highest BCUT2D eigenvalue weighted by Gasteiger charge is 2.34. The van der Waals surface area contributed by atoms with E-state index < -0.39 is 0 Å². The maximum Gasteiger partial charge on any atom is 0.207 e. The van der Waals surface area contributed by atoms with Crippen LogP contribution in [0.5, 0.6) is 0 Å². The molecule has 0 aromatic heterocycles. The molecule has 120 valence electrons. The van der Waals surface area contributed by atoms with Crippen LogP contribution in [0.4, 0.5) is 0 Å². The Kier molecular flexibility index (Phi) is 17.9. The molecule has 1 aliphatic heterocycles. The topological polar surface area (TPSA) is 58.2 Å². The largest absolute Gasteiger partial charge is 0.353 e. The minimum absolute atomic E-state index is 0.239. The summed E-state index contributed by atoms with van der Waals surface area (Å²) in [7, 11) is 1.94. The summed E-state index contributed by atoms with van der Waals surface area (Å²) in [6.45, 7) is 8.00. The van der Waals surface area contributed by atoms with Crippen molar-refractivity contribution in [3.05, 3.63) is 0 Å². The number of hydrogen-bond donors (Lipinski definition) is 2. The molecule has 5 heteroatoms. The van der Waals surface area contributed by atoms with Gasteiger partial charge in [0.15, 0.2) is 0 Å². The number of thioether (sulfide) groups is 1. The third-order valence-electron chi connectivity index (χ3n) is 3.00. The van der Waals surface area contributed by atoms with Crippen LogP contribution in [-0.2, 0) is 9.59 Å². The van der Waals surface area contributed by atoms with Gasteiger partial charge in [-0.1, -0.05) is 34.1 Å². The first-order chi connectivity index (χ1) is 9.83. The van der Waals surface area contributed by atoms with Crippen LogP contribution in [0.1, 0.15) is 53.4 Å². The summed E-state index contributed by atoms with van der Waals surface area (Å²) >= 11 is 1.91. The van der Waals surface area contributed by atoms with Gasteiger partial charge in [-0.2, -0.15) is 11.8 Å². The van der Waals surface area contributed by atoms with Crippen LogP contribution < -0.4 is 10.6 Å². The van der Waals surface area contributed by atoms with Gasteiger partial charge in [-0.25, -0.2) is 0 Å². The number of carbonyl (C=O) groups is 2. The minimum atomic E-state index is 0.239. The average molecular weight is 305 g/mol. The molecule has 0 bridgehead atoms. The molecule has 1 aliphatic rings. The highest BCUT2D eigenvalue weighted by molar-refractivity contribution is 8.00. The molecule has 1 saturated heterocycles. The number of aldehydes is 1. The van der Waals surface area contributed by atoms with Crippen LogP contribution in [-0.4, -0.2) is 42.8 Å². The van der Waals surface area contributed by atoms with Crippen molar-refractivity contribution in [2.45, 2.75) is 70.7 Å². The minimum Gasteiger partial charge on any atom is -0.353 e. The lowest BCUT2D eigenvalue weighted by Gasteiger charge is -2.22. The van der Waals surface area contributed by atoms with Crippen molar-refractivity contribution in [3.63, 3.8) is 0 Å². The van der Waals surface area contributed by atoms with E-state index in [9.17, 15) is 9.59 Å². The number of nitrogens with one attached hydrogen (secondary N) is 2. The number of carbonyl (C=O) groups excluding carboxylic acids is 2. The number of likely N-dealkylation sites (N-methyl/N-ethyl adjacent to an activating group) is 1. The SMILES string of the molecule is CC.CC.CNC1C(NC=O)CSC1CCCCC=O. The Morgan fingerprint density at radius 1 is 1.15 bits per heavy atom. The van der Waals surface area contributed by atoms with Crippen LogP contribution in [0, 0.1) is 0 Å². The van der Waals surface area contributed by atoms with Crippen molar-refractivity contribution < 1.29 is 9.59 Å². The molecule has 3 atom stereocenters. The third-order valence-corrected chi connectivity index (χ3v) is 4.51. The van der Waals surface area contributed by atoms with Crippen molar-refractivity contribution in [1.82, 2.24) is 10.6 Å². The molecule has 1 rings (SSSR count). The Bertz CT molecular complexity index is 228. The van der Waals surface area contributed by atoms with Gasteiger partial charge in [-0.15, -0.1) is 0 Å². The molecule has 0 aliphatic carbocycles. The summed E-state index contributed by atoms with van der Waals surface area (Å²) in [6.07, 6.45) is 5.60. The van der Waals surface area contributed by atoms with Crippen molar-refractivity contribution in [2.24, 2.45) is 0 Å². The monoisotopic (exact) mass is 304 g/mol. The second-order valence-corrected chi connectivity index (χ2v) is 5.30. The summed E-state index contributed by atoms with van der Waals surface area (Å²) in [5, 5.41) is 6.69. The Hall–Kier alpha value is -0.550. The fraction of sp³-hybridized carbons (Fsp3) is 0.867. The quantitative estimate of drug-likeness (QED) is 0.534. The fourth-order valence-corrected chi connectivity index (χ4v) is 3.78.